The first kappa shape index (κ1) is 13.6. The molecule has 84 valence electrons. The molecule has 5 nitrogen and oxygen atoms in total. The number of para-hydroxylation sites is 1. The standard InChI is InChI=1S/C10H13NO3.H2O/c1-7-4-2-3-5-8(7)11-10(14)9(13)6-12;/h2-5,9,12-13H,6H2,1H3,(H,11,14);1H2. The Balaban J connectivity index is 0.00000196. The van der Waals surface area contributed by atoms with Crippen LogP contribution in [0.25, 0.3) is 0 Å². The van der Waals surface area contributed by atoms with Crippen LogP contribution in [-0.2, 0) is 4.79 Å². The van der Waals surface area contributed by atoms with Crippen LogP contribution in [0.15, 0.2) is 24.3 Å². The average Bonchev–Trinajstić information content (AvgIpc) is 2.20. The summed E-state index contributed by atoms with van der Waals surface area (Å²) in [6.07, 6.45) is -1.37. The highest BCUT2D eigenvalue weighted by atomic mass is 16.3. The molecular formula is C10H15NO4. The summed E-state index contributed by atoms with van der Waals surface area (Å²) in [6.45, 7) is 1.28. The Morgan fingerprint density at radius 1 is 1.47 bits per heavy atom. The molecule has 0 heterocycles. The highest BCUT2D eigenvalue weighted by Gasteiger charge is 2.13. The van der Waals surface area contributed by atoms with E-state index in [1.54, 1.807) is 12.1 Å². The van der Waals surface area contributed by atoms with Gasteiger partial charge in [0.2, 0.25) is 0 Å². The zero-order valence-corrected chi connectivity index (χ0v) is 8.40. The second-order valence-corrected chi connectivity index (χ2v) is 3.00. The molecule has 1 aromatic rings. The number of rotatable bonds is 3. The summed E-state index contributed by atoms with van der Waals surface area (Å²) in [7, 11) is 0. The molecule has 0 saturated heterocycles. The second-order valence-electron chi connectivity index (χ2n) is 3.00. The summed E-state index contributed by atoms with van der Waals surface area (Å²) in [5.41, 5.74) is 1.55. The molecule has 0 aliphatic heterocycles. The lowest BCUT2D eigenvalue weighted by atomic mass is 10.2. The molecule has 1 atom stereocenters. The maximum atomic E-state index is 11.2. The third kappa shape index (κ3) is 3.67. The van der Waals surface area contributed by atoms with E-state index in [4.69, 9.17) is 10.2 Å². The van der Waals surface area contributed by atoms with E-state index >= 15 is 0 Å². The molecule has 0 bridgehead atoms. The van der Waals surface area contributed by atoms with Gasteiger partial charge in [-0.15, -0.1) is 0 Å². The van der Waals surface area contributed by atoms with Crippen LogP contribution in [0, 0.1) is 6.92 Å². The van der Waals surface area contributed by atoms with E-state index in [0.29, 0.717) is 5.69 Å². The van der Waals surface area contributed by atoms with Gasteiger partial charge in [0, 0.05) is 5.69 Å². The van der Waals surface area contributed by atoms with Gasteiger partial charge in [0.15, 0.2) is 6.10 Å². The van der Waals surface area contributed by atoms with E-state index in [-0.39, 0.29) is 5.48 Å². The molecule has 0 radical (unpaired) electrons. The van der Waals surface area contributed by atoms with Crippen molar-refractivity contribution in [3.63, 3.8) is 0 Å². The summed E-state index contributed by atoms with van der Waals surface area (Å²) in [6, 6.07) is 7.22. The lowest BCUT2D eigenvalue weighted by Gasteiger charge is -2.10. The number of aryl methyl sites for hydroxylation is 1. The minimum atomic E-state index is -1.37. The highest BCUT2D eigenvalue weighted by Crippen LogP contribution is 2.13. The number of aliphatic hydroxyl groups excluding tert-OH is 2. The van der Waals surface area contributed by atoms with Gasteiger partial charge in [0.05, 0.1) is 6.61 Å². The SMILES string of the molecule is Cc1ccccc1NC(=O)C(O)CO.O. The second kappa shape index (κ2) is 6.13. The predicted octanol–water partition coefficient (Wildman–Crippen LogP) is -0.538. The third-order valence-corrected chi connectivity index (χ3v) is 1.88. The number of carbonyl (C=O) groups is 1. The van der Waals surface area contributed by atoms with Crippen molar-refractivity contribution in [1.29, 1.82) is 0 Å². The van der Waals surface area contributed by atoms with Crippen LogP contribution in [0.2, 0.25) is 0 Å². The quantitative estimate of drug-likeness (QED) is 0.628. The number of hydrogen-bond donors (Lipinski definition) is 3. The molecule has 0 aliphatic carbocycles. The van der Waals surface area contributed by atoms with Gasteiger partial charge >= 0.3 is 0 Å². The zero-order chi connectivity index (χ0) is 10.6. The molecular weight excluding hydrogens is 198 g/mol. The first-order valence-corrected chi connectivity index (χ1v) is 4.30. The summed E-state index contributed by atoms with van der Waals surface area (Å²) < 4.78 is 0. The molecule has 15 heavy (non-hydrogen) atoms. The van der Waals surface area contributed by atoms with Crippen LogP contribution in [0.3, 0.4) is 0 Å². The maximum absolute atomic E-state index is 11.2. The number of carbonyl (C=O) groups excluding carboxylic acids is 1. The van der Waals surface area contributed by atoms with Crippen LogP contribution < -0.4 is 5.32 Å². The van der Waals surface area contributed by atoms with Crippen LogP contribution in [0.1, 0.15) is 5.56 Å². The van der Waals surface area contributed by atoms with Gasteiger partial charge in [-0.25, -0.2) is 0 Å². The Labute approximate surface area is 87.7 Å². The van der Waals surface area contributed by atoms with Gasteiger partial charge in [-0.05, 0) is 18.6 Å². The molecule has 1 amide bonds. The fourth-order valence-corrected chi connectivity index (χ4v) is 1.01. The van der Waals surface area contributed by atoms with Crippen molar-refractivity contribution in [3.05, 3.63) is 29.8 Å². The van der Waals surface area contributed by atoms with Gasteiger partial charge < -0.3 is 21.0 Å². The molecule has 0 fully saturated rings. The van der Waals surface area contributed by atoms with E-state index in [1.165, 1.54) is 0 Å². The van der Waals surface area contributed by atoms with Gasteiger partial charge in [-0.3, -0.25) is 4.79 Å². The first-order chi connectivity index (χ1) is 6.65. The molecule has 0 saturated carbocycles. The van der Waals surface area contributed by atoms with Crippen molar-refractivity contribution in [3.8, 4) is 0 Å². The van der Waals surface area contributed by atoms with E-state index < -0.39 is 18.6 Å². The number of aliphatic hydroxyl groups is 2. The molecule has 1 aromatic carbocycles. The van der Waals surface area contributed by atoms with Crippen molar-refractivity contribution in [2.75, 3.05) is 11.9 Å². The molecule has 5 heteroatoms. The van der Waals surface area contributed by atoms with Gasteiger partial charge in [0.1, 0.15) is 0 Å². The minimum absolute atomic E-state index is 0. The Morgan fingerprint density at radius 3 is 2.60 bits per heavy atom. The number of hydrogen-bond acceptors (Lipinski definition) is 3. The Morgan fingerprint density at radius 2 is 2.07 bits per heavy atom. The molecule has 5 N–H and O–H groups in total. The Bertz CT molecular complexity index is 327. The number of anilines is 1. The van der Waals surface area contributed by atoms with Crippen molar-refractivity contribution in [2.45, 2.75) is 13.0 Å². The molecule has 0 aromatic heterocycles. The topological polar surface area (TPSA) is 101 Å². The van der Waals surface area contributed by atoms with Crippen molar-refractivity contribution in [2.24, 2.45) is 0 Å². The average molecular weight is 213 g/mol. The zero-order valence-electron chi connectivity index (χ0n) is 8.40. The third-order valence-electron chi connectivity index (χ3n) is 1.88. The van der Waals surface area contributed by atoms with E-state index in [0.717, 1.165) is 5.56 Å². The summed E-state index contributed by atoms with van der Waals surface area (Å²) in [4.78, 5) is 11.2. The number of nitrogens with one attached hydrogen (secondary N) is 1. The van der Waals surface area contributed by atoms with Gasteiger partial charge in [-0.2, -0.15) is 0 Å². The predicted molar refractivity (Wildman–Crippen MR) is 56.5 cm³/mol. The van der Waals surface area contributed by atoms with E-state index in [2.05, 4.69) is 5.32 Å². The monoisotopic (exact) mass is 213 g/mol. The van der Waals surface area contributed by atoms with E-state index in [1.807, 2.05) is 19.1 Å². The van der Waals surface area contributed by atoms with Crippen molar-refractivity contribution in [1.82, 2.24) is 0 Å². The lowest BCUT2D eigenvalue weighted by molar-refractivity contribution is -0.125. The maximum Gasteiger partial charge on any atom is 0.255 e. The largest absolute Gasteiger partial charge is 0.412 e. The first-order valence-electron chi connectivity index (χ1n) is 4.30. The lowest BCUT2D eigenvalue weighted by Crippen LogP contribution is -2.30. The number of benzene rings is 1. The Kier molecular flexibility index (Phi) is 5.54. The fourth-order valence-electron chi connectivity index (χ4n) is 1.01. The summed E-state index contributed by atoms with van der Waals surface area (Å²) in [5.74, 6) is -0.596. The van der Waals surface area contributed by atoms with Crippen molar-refractivity contribution >= 4 is 11.6 Å². The normalized spacial score (nSPS) is 11.4. The Hall–Kier alpha value is -1.43. The van der Waals surface area contributed by atoms with E-state index in [9.17, 15) is 4.79 Å². The number of amides is 1. The van der Waals surface area contributed by atoms with Crippen LogP contribution in [-0.4, -0.2) is 34.3 Å². The fraction of sp³-hybridized carbons (Fsp3) is 0.300. The highest BCUT2D eigenvalue weighted by molar-refractivity contribution is 5.94. The molecule has 0 spiro atoms. The summed E-state index contributed by atoms with van der Waals surface area (Å²) in [5, 5.41) is 20.1. The van der Waals surface area contributed by atoms with Crippen LogP contribution >= 0.6 is 0 Å². The van der Waals surface area contributed by atoms with Gasteiger partial charge in [-0.1, -0.05) is 18.2 Å². The smallest absolute Gasteiger partial charge is 0.255 e. The molecule has 0 aliphatic rings. The molecule has 1 rings (SSSR count). The minimum Gasteiger partial charge on any atom is -0.412 e. The molecule has 1 unspecified atom stereocenters. The van der Waals surface area contributed by atoms with Crippen molar-refractivity contribution < 1.29 is 20.5 Å². The summed E-state index contributed by atoms with van der Waals surface area (Å²) >= 11 is 0. The van der Waals surface area contributed by atoms with Crippen LogP contribution in [0.4, 0.5) is 5.69 Å². The van der Waals surface area contributed by atoms with Gasteiger partial charge in [0.25, 0.3) is 5.91 Å². The van der Waals surface area contributed by atoms with Crippen LogP contribution in [0.5, 0.6) is 0 Å².